The van der Waals surface area contributed by atoms with Crippen LogP contribution in [-0.2, 0) is 13.0 Å². The van der Waals surface area contributed by atoms with Crippen molar-refractivity contribution >= 4 is 6.03 Å². The third-order valence-electron chi connectivity index (χ3n) is 5.18. The van der Waals surface area contributed by atoms with E-state index in [1.807, 2.05) is 12.1 Å². The van der Waals surface area contributed by atoms with Crippen LogP contribution < -0.4 is 15.4 Å². The van der Waals surface area contributed by atoms with Gasteiger partial charge in [-0.05, 0) is 48.6 Å². The number of likely N-dealkylation sites (tertiary alicyclic amines) is 1. The van der Waals surface area contributed by atoms with Gasteiger partial charge in [0.25, 0.3) is 0 Å². The van der Waals surface area contributed by atoms with Crippen LogP contribution in [0.15, 0.2) is 48.5 Å². The molecule has 2 aromatic rings. The van der Waals surface area contributed by atoms with Crippen molar-refractivity contribution in [3.05, 3.63) is 59.7 Å². The van der Waals surface area contributed by atoms with Gasteiger partial charge in [0.2, 0.25) is 0 Å². The maximum atomic E-state index is 12.1. The number of amides is 2. The summed E-state index contributed by atoms with van der Waals surface area (Å²) in [6.07, 6.45) is 2.18. The molecule has 3 rings (SSSR count). The fourth-order valence-electron chi connectivity index (χ4n) is 3.54. The van der Waals surface area contributed by atoms with E-state index in [2.05, 4.69) is 39.8 Å². The van der Waals surface area contributed by atoms with Crippen molar-refractivity contribution < 1.29 is 14.6 Å². The molecule has 1 unspecified atom stereocenters. The molecule has 0 bridgehead atoms. The third kappa shape index (κ3) is 5.89. The average Bonchev–Trinajstić information content (AvgIpc) is 3.18. The molecular formula is C22H29N3O3. The Balaban J connectivity index is 1.33. The summed E-state index contributed by atoms with van der Waals surface area (Å²) in [5, 5.41) is 15.6. The summed E-state index contributed by atoms with van der Waals surface area (Å²) in [7, 11) is 1.51. The molecule has 1 aliphatic heterocycles. The highest BCUT2D eigenvalue weighted by Gasteiger charge is 2.22. The molecule has 2 amide bonds. The number of hydrogen-bond acceptors (Lipinski definition) is 4. The van der Waals surface area contributed by atoms with E-state index in [0.717, 1.165) is 38.0 Å². The number of carbonyl (C=O) groups excluding carboxylic acids is 1. The number of rotatable bonds is 8. The Labute approximate surface area is 166 Å². The maximum absolute atomic E-state index is 12.1. The molecule has 3 N–H and O–H groups in total. The van der Waals surface area contributed by atoms with Gasteiger partial charge in [0.1, 0.15) is 0 Å². The molecule has 1 atom stereocenters. The van der Waals surface area contributed by atoms with Crippen LogP contribution in [0.3, 0.4) is 0 Å². The van der Waals surface area contributed by atoms with Crippen molar-refractivity contribution in [2.24, 2.45) is 5.92 Å². The number of hydrogen-bond donors (Lipinski definition) is 3. The second-order valence-corrected chi connectivity index (χ2v) is 7.26. The fraction of sp³-hybridized carbons (Fsp3) is 0.409. The number of aromatic hydroxyl groups is 1. The Bertz CT molecular complexity index is 767. The molecule has 0 spiro atoms. The maximum Gasteiger partial charge on any atom is 0.315 e. The van der Waals surface area contributed by atoms with Crippen molar-refractivity contribution in [1.82, 2.24) is 15.5 Å². The number of carbonyl (C=O) groups is 1. The number of urea groups is 1. The molecule has 1 fully saturated rings. The summed E-state index contributed by atoms with van der Waals surface area (Å²) >= 11 is 0. The van der Waals surface area contributed by atoms with E-state index in [1.54, 1.807) is 12.1 Å². The van der Waals surface area contributed by atoms with E-state index in [1.165, 1.54) is 12.7 Å². The number of phenolic OH excluding ortho intramolecular Hbond substituents is 1. The van der Waals surface area contributed by atoms with E-state index < -0.39 is 0 Å². The molecule has 0 radical (unpaired) electrons. The van der Waals surface area contributed by atoms with E-state index in [0.29, 0.717) is 24.8 Å². The highest BCUT2D eigenvalue weighted by Crippen LogP contribution is 2.26. The highest BCUT2D eigenvalue weighted by molar-refractivity contribution is 5.73. The number of ether oxygens (including phenoxy) is 1. The minimum Gasteiger partial charge on any atom is -0.504 e. The van der Waals surface area contributed by atoms with Crippen LogP contribution in [0.25, 0.3) is 0 Å². The summed E-state index contributed by atoms with van der Waals surface area (Å²) in [5.74, 6) is 0.988. The van der Waals surface area contributed by atoms with E-state index in [9.17, 15) is 9.90 Å². The molecule has 0 saturated carbocycles. The van der Waals surface area contributed by atoms with Gasteiger partial charge in [-0.25, -0.2) is 4.79 Å². The first-order valence-corrected chi connectivity index (χ1v) is 9.78. The van der Waals surface area contributed by atoms with Crippen LogP contribution >= 0.6 is 0 Å². The van der Waals surface area contributed by atoms with Crippen LogP contribution in [0.2, 0.25) is 0 Å². The number of phenols is 1. The normalized spacial score (nSPS) is 16.7. The standard InChI is InChI=1S/C22H29N3O3/c1-28-21-8-7-18(13-20(21)26)14-23-22(27)24-15-19-10-12-25(16-19)11-9-17-5-3-2-4-6-17/h2-8,13,19,26H,9-12,14-16H2,1H3,(H2,23,24,27). The van der Waals surface area contributed by atoms with Gasteiger partial charge in [-0.3, -0.25) is 0 Å². The van der Waals surface area contributed by atoms with Crippen LogP contribution in [0.4, 0.5) is 4.79 Å². The van der Waals surface area contributed by atoms with Crippen LogP contribution in [0, 0.1) is 5.92 Å². The second-order valence-electron chi connectivity index (χ2n) is 7.26. The molecule has 6 nitrogen and oxygen atoms in total. The Hall–Kier alpha value is -2.73. The van der Waals surface area contributed by atoms with Crippen molar-refractivity contribution in [2.45, 2.75) is 19.4 Å². The molecule has 1 aliphatic rings. The second kappa shape index (κ2) is 9.99. The van der Waals surface area contributed by atoms with E-state index in [-0.39, 0.29) is 11.8 Å². The zero-order chi connectivity index (χ0) is 19.8. The minimum atomic E-state index is -0.182. The minimum absolute atomic E-state index is 0.0729. The lowest BCUT2D eigenvalue weighted by Crippen LogP contribution is -2.38. The van der Waals surface area contributed by atoms with Crippen LogP contribution in [0.1, 0.15) is 17.5 Å². The average molecular weight is 383 g/mol. The van der Waals surface area contributed by atoms with Crippen molar-refractivity contribution in [1.29, 1.82) is 0 Å². The number of methoxy groups -OCH3 is 1. The summed E-state index contributed by atoms with van der Waals surface area (Å²) in [6.45, 7) is 4.22. The quantitative estimate of drug-likeness (QED) is 0.655. The van der Waals surface area contributed by atoms with E-state index >= 15 is 0 Å². The van der Waals surface area contributed by atoms with Crippen LogP contribution in [-0.4, -0.2) is 49.3 Å². The first kappa shape index (κ1) is 20.0. The topological polar surface area (TPSA) is 73.8 Å². The largest absolute Gasteiger partial charge is 0.504 e. The lowest BCUT2D eigenvalue weighted by atomic mass is 10.1. The van der Waals surface area contributed by atoms with Gasteiger partial charge in [-0.1, -0.05) is 36.4 Å². The summed E-state index contributed by atoms with van der Waals surface area (Å²) in [5.41, 5.74) is 2.19. The molecule has 6 heteroatoms. The van der Waals surface area contributed by atoms with Crippen molar-refractivity contribution in [2.75, 3.05) is 33.3 Å². The molecule has 150 valence electrons. The predicted octanol–water partition coefficient (Wildman–Crippen LogP) is 2.76. The molecule has 0 aliphatic carbocycles. The summed E-state index contributed by atoms with van der Waals surface area (Å²) in [6, 6.07) is 15.5. The zero-order valence-corrected chi connectivity index (χ0v) is 16.4. The number of nitrogens with zero attached hydrogens (tertiary/aromatic N) is 1. The van der Waals surface area contributed by atoms with Gasteiger partial charge in [0.15, 0.2) is 11.5 Å². The Kier molecular flexibility index (Phi) is 7.14. The smallest absolute Gasteiger partial charge is 0.315 e. The Morgan fingerprint density at radius 3 is 2.75 bits per heavy atom. The van der Waals surface area contributed by atoms with E-state index in [4.69, 9.17) is 4.74 Å². The summed E-state index contributed by atoms with van der Waals surface area (Å²) in [4.78, 5) is 14.5. The SMILES string of the molecule is COc1ccc(CNC(=O)NCC2CCN(CCc3ccccc3)C2)cc1O. The fourth-order valence-corrected chi connectivity index (χ4v) is 3.54. The highest BCUT2D eigenvalue weighted by atomic mass is 16.5. The molecule has 1 saturated heterocycles. The van der Waals surface area contributed by atoms with Gasteiger partial charge in [-0.15, -0.1) is 0 Å². The third-order valence-corrected chi connectivity index (χ3v) is 5.18. The Morgan fingerprint density at radius 2 is 2.00 bits per heavy atom. The number of nitrogens with one attached hydrogen (secondary N) is 2. The van der Waals surface area contributed by atoms with Crippen LogP contribution in [0.5, 0.6) is 11.5 Å². The van der Waals surface area contributed by atoms with Gasteiger partial charge < -0.3 is 25.4 Å². The van der Waals surface area contributed by atoms with Gasteiger partial charge >= 0.3 is 6.03 Å². The van der Waals surface area contributed by atoms with Crippen molar-refractivity contribution in [3.63, 3.8) is 0 Å². The first-order chi connectivity index (χ1) is 13.6. The van der Waals surface area contributed by atoms with Crippen molar-refractivity contribution in [3.8, 4) is 11.5 Å². The molecule has 28 heavy (non-hydrogen) atoms. The van der Waals surface area contributed by atoms with Gasteiger partial charge in [0.05, 0.1) is 7.11 Å². The first-order valence-electron chi connectivity index (χ1n) is 9.78. The zero-order valence-electron chi connectivity index (χ0n) is 16.4. The Morgan fingerprint density at radius 1 is 1.18 bits per heavy atom. The molecular weight excluding hydrogens is 354 g/mol. The van der Waals surface area contributed by atoms with Gasteiger partial charge in [0, 0.05) is 26.2 Å². The summed E-state index contributed by atoms with van der Waals surface area (Å²) < 4.78 is 5.02. The number of benzene rings is 2. The monoisotopic (exact) mass is 383 g/mol. The predicted molar refractivity (Wildman–Crippen MR) is 110 cm³/mol. The van der Waals surface area contributed by atoms with Gasteiger partial charge in [-0.2, -0.15) is 0 Å². The molecule has 0 aromatic heterocycles. The lowest BCUT2D eigenvalue weighted by Gasteiger charge is -2.16. The lowest BCUT2D eigenvalue weighted by molar-refractivity contribution is 0.238. The molecule has 1 heterocycles. The molecule has 2 aromatic carbocycles.